The first-order valence-electron chi connectivity index (χ1n) is 3.81. The van der Waals surface area contributed by atoms with Gasteiger partial charge in [0.1, 0.15) is 0 Å². The standard InChI is InChI=1S/C9H7NOS/c11-6-8-5-10-9(12-8)4-3-7-1-2-7/h5-7H,1-2H2. The van der Waals surface area contributed by atoms with Gasteiger partial charge in [-0.2, -0.15) is 0 Å². The zero-order valence-corrected chi connectivity index (χ0v) is 7.23. The minimum absolute atomic E-state index is 0.591. The van der Waals surface area contributed by atoms with Crippen LogP contribution in [0.25, 0.3) is 0 Å². The predicted molar refractivity (Wildman–Crippen MR) is 47.1 cm³/mol. The Morgan fingerprint density at radius 2 is 2.50 bits per heavy atom. The van der Waals surface area contributed by atoms with Gasteiger partial charge in [-0.25, -0.2) is 4.98 Å². The third kappa shape index (κ3) is 1.72. The van der Waals surface area contributed by atoms with Crippen molar-refractivity contribution < 1.29 is 4.79 Å². The van der Waals surface area contributed by atoms with Crippen molar-refractivity contribution >= 4 is 17.6 Å². The van der Waals surface area contributed by atoms with Crippen molar-refractivity contribution in [1.82, 2.24) is 4.98 Å². The van der Waals surface area contributed by atoms with E-state index in [2.05, 4.69) is 16.8 Å². The van der Waals surface area contributed by atoms with Gasteiger partial charge < -0.3 is 0 Å². The van der Waals surface area contributed by atoms with Crippen molar-refractivity contribution in [2.24, 2.45) is 5.92 Å². The largest absolute Gasteiger partial charge is 0.297 e. The second-order valence-electron chi connectivity index (χ2n) is 2.73. The molecule has 0 amide bonds. The molecular weight excluding hydrogens is 170 g/mol. The molecule has 0 bridgehead atoms. The summed E-state index contributed by atoms with van der Waals surface area (Å²) in [6.07, 6.45) is 4.81. The number of hydrogen-bond donors (Lipinski definition) is 0. The number of aldehydes is 1. The Bertz CT molecular complexity index is 354. The van der Waals surface area contributed by atoms with Crippen LogP contribution in [0.2, 0.25) is 0 Å². The lowest BCUT2D eigenvalue weighted by Gasteiger charge is -1.74. The molecule has 1 aromatic rings. The molecule has 0 unspecified atom stereocenters. The minimum Gasteiger partial charge on any atom is -0.297 e. The maximum absolute atomic E-state index is 10.3. The molecule has 1 saturated carbocycles. The van der Waals surface area contributed by atoms with Gasteiger partial charge >= 0.3 is 0 Å². The van der Waals surface area contributed by atoms with Gasteiger partial charge in [-0.1, -0.05) is 5.92 Å². The molecule has 0 aliphatic heterocycles. The van der Waals surface area contributed by atoms with Crippen molar-refractivity contribution in [3.8, 4) is 11.8 Å². The highest BCUT2D eigenvalue weighted by atomic mass is 32.1. The van der Waals surface area contributed by atoms with E-state index in [0.717, 1.165) is 11.3 Å². The van der Waals surface area contributed by atoms with Crippen LogP contribution in [-0.4, -0.2) is 11.3 Å². The molecule has 1 heterocycles. The summed E-state index contributed by atoms with van der Waals surface area (Å²) >= 11 is 1.35. The first-order chi connectivity index (χ1) is 5.88. The highest BCUT2D eigenvalue weighted by molar-refractivity contribution is 7.13. The van der Waals surface area contributed by atoms with E-state index in [-0.39, 0.29) is 0 Å². The molecule has 0 N–H and O–H groups in total. The van der Waals surface area contributed by atoms with Crippen molar-refractivity contribution in [2.45, 2.75) is 12.8 Å². The van der Waals surface area contributed by atoms with E-state index < -0.39 is 0 Å². The van der Waals surface area contributed by atoms with Gasteiger partial charge in [0.05, 0.1) is 4.88 Å². The van der Waals surface area contributed by atoms with Crippen molar-refractivity contribution in [3.05, 3.63) is 16.1 Å². The summed E-state index contributed by atoms with van der Waals surface area (Å²) in [6, 6.07) is 0. The minimum atomic E-state index is 0.591. The normalized spacial score (nSPS) is 15.0. The molecule has 0 aromatic carbocycles. The lowest BCUT2D eigenvalue weighted by Crippen LogP contribution is -1.68. The summed E-state index contributed by atoms with van der Waals surface area (Å²) in [4.78, 5) is 14.9. The van der Waals surface area contributed by atoms with Crippen LogP contribution in [0.15, 0.2) is 6.20 Å². The molecule has 0 atom stereocenters. The zero-order valence-electron chi connectivity index (χ0n) is 6.41. The average molecular weight is 177 g/mol. The van der Waals surface area contributed by atoms with Gasteiger partial charge in [0.2, 0.25) is 0 Å². The van der Waals surface area contributed by atoms with E-state index in [0.29, 0.717) is 10.8 Å². The maximum atomic E-state index is 10.3. The van der Waals surface area contributed by atoms with Crippen LogP contribution in [0.3, 0.4) is 0 Å². The summed E-state index contributed by atoms with van der Waals surface area (Å²) in [7, 11) is 0. The molecule has 3 heteroatoms. The van der Waals surface area contributed by atoms with Crippen LogP contribution < -0.4 is 0 Å². The Hall–Kier alpha value is -1.14. The fourth-order valence-corrected chi connectivity index (χ4v) is 1.38. The van der Waals surface area contributed by atoms with E-state index in [1.807, 2.05) is 0 Å². The van der Waals surface area contributed by atoms with Gasteiger partial charge in [-0.15, -0.1) is 11.3 Å². The summed E-state index contributed by atoms with van der Waals surface area (Å²) in [5.41, 5.74) is 0. The Balaban J connectivity index is 2.12. The third-order valence-corrected chi connectivity index (χ3v) is 2.44. The van der Waals surface area contributed by atoms with Gasteiger partial charge in [0.15, 0.2) is 11.3 Å². The smallest absolute Gasteiger partial charge is 0.167 e. The number of carbonyl (C=O) groups is 1. The number of carbonyl (C=O) groups excluding carboxylic acids is 1. The number of rotatable bonds is 1. The average Bonchev–Trinajstić information content (AvgIpc) is 2.81. The number of aromatic nitrogens is 1. The molecule has 0 saturated heterocycles. The molecule has 1 aliphatic carbocycles. The van der Waals surface area contributed by atoms with Gasteiger partial charge in [0, 0.05) is 12.1 Å². The van der Waals surface area contributed by atoms with Crippen LogP contribution in [0, 0.1) is 17.8 Å². The van der Waals surface area contributed by atoms with Crippen molar-refractivity contribution in [2.75, 3.05) is 0 Å². The quantitative estimate of drug-likeness (QED) is 0.483. The summed E-state index contributed by atoms with van der Waals surface area (Å²) < 4.78 is 0. The van der Waals surface area contributed by atoms with Crippen LogP contribution >= 0.6 is 11.3 Å². The molecule has 1 aromatic heterocycles. The monoisotopic (exact) mass is 177 g/mol. The number of hydrogen-bond acceptors (Lipinski definition) is 3. The molecular formula is C9H7NOS. The van der Waals surface area contributed by atoms with Crippen LogP contribution in [0.5, 0.6) is 0 Å². The molecule has 1 fully saturated rings. The van der Waals surface area contributed by atoms with Gasteiger partial charge in [-0.05, 0) is 18.8 Å². The summed E-state index contributed by atoms with van der Waals surface area (Å²) in [6.45, 7) is 0. The van der Waals surface area contributed by atoms with Crippen LogP contribution in [0.1, 0.15) is 27.5 Å². The van der Waals surface area contributed by atoms with E-state index in [1.165, 1.54) is 24.2 Å². The van der Waals surface area contributed by atoms with Crippen molar-refractivity contribution in [1.29, 1.82) is 0 Å². The SMILES string of the molecule is O=Cc1cnc(C#CC2CC2)s1. The highest BCUT2D eigenvalue weighted by Crippen LogP contribution is 2.27. The first kappa shape index (κ1) is 7.51. The van der Waals surface area contributed by atoms with E-state index in [4.69, 9.17) is 0 Å². The Kier molecular flexibility index (Phi) is 1.92. The molecule has 2 nitrogen and oxygen atoms in total. The van der Waals surface area contributed by atoms with Crippen molar-refractivity contribution in [3.63, 3.8) is 0 Å². The predicted octanol–water partition coefficient (Wildman–Crippen LogP) is 1.72. The number of thiazole rings is 1. The summed E-state index contributed by atoms with van der Waals surface area (Å²) in [5, 5.41) is 0.754. The molecule has 1 aliphatic rings. The van der Waals surface area contributed by atoms with E-state index in [1.54, 1.807) is 6.20 Å². The zero-order chi connectivity index (χ0) is 8.39. The second-order valence-corrected chi connectivity index (χ2v) is 3.79. The van der Waals surface area contributed by atoms with Crippen LogP contribution in [-0.2, 0) is 0 Å². The molecule has 2 rings (SSSR count). The fourth-order valence-electron chi connectivity index (χ4n) is 0.790. The molecule has 12 heavy (non-hydrogen) atoms. The highest BCUT2D eigenvalue weighted by Gasteiger charge is 2.17. The lowest BCUT2D eigenvalue weighted by molar-refractivity contribution is 0.112. The first-order valence-corrected chi connectivity index (χ1v) is 4.62. The molecule has 0 spiro atoms. The van der Waals surface area contributed by atoms with Gasteiger partial charge in [-0.3, -0.25) is 4.79 Å². The van der Waals surface area contributed by atoms with E-state index >= 15 is 0 Å². The lowest BCUT2D eigenvalue weighted by atomic mass is 10.4. The van der Waals surface area contributed by atoms with Crippen LogP contribution in [0.4, 0.5) is 0 Å². The Labute approximate surface area is 74.6 Å². The molecule has 60 valence electrons. The topological polar surface area (TPSA) is 30.0 Å². The number of nitrogens with zero attached hydrogens (tertiary/aromatic N) is 1. The molecule has 0 radical (unpaired) electrons. The van der Waals surface area contributed by atoms with E-state index in [9.17, 15) is 4.79 Å². The fraction of sp³-hybridized carbons (Fsp3) is 0.333. The maximum Gasteiger partial charge on any atom is 0.167 e. The third-order valence-electron chi connectivity index (χ3n) is 1.60. The van der Waals surface area contributed by atoms with Gasteiger partial charge in [0.25, 0.3) is 0 Å². The second kappa shape index (κ2) is 3.08. The Morgan fingerprint density at radius 3 is 3.08 bits per heavy atom. The Morgan fingerprint density at radius 1 is 1.67 bits per heavy atom. The summed E-state index contributed by atoms with van der Waals surface area (Å²) in [5.74, 6) is 6.64.